The van der Waals surface area contributed by atoms with Gasteiger partial charge in [-0.1, -0.05) is 18.2 Å². The van der Waals surface area contributed by atoms with Gasteiger partial charge >= 0.3 is 0 Å². The zero-order valence-electron chi connectivity index (χ0n) is 20.9. The summed E-state index contributed by atoms with van der Waals surface area (Å²) in [5, 5.41) is 14.2. The molecule has 1 saturated carbocycles. The van der Waals surface area contributed by atoms with Crippen molar-refractivity contribution in [3.05, 3.63) is 77.0 Å². The topological polar surface area (TPSA) is 87.8 Å². The van der Waals surface area contributed by atoms with Gasteiger partial charge in [0.2, 0.25) is 0 Å². The number of hydrogen-bond donors (Lipinski definition) is 2. The first kappa shape index (κ1) is 24.5. The van der Waals surface area contributed by atoms with E-state index in [9.17, 15) is 9.90 Å². The third-order valence-corrected chi connectivity index (χ3v) is 7.41. The molecule has 190 valence electrons. The molecule has 36 heavy (non-hydrogen) atoms. The number of anilines is 1. The lowest BCUT2D eigenvalue weighted by Gasteiger charge is -2.31. The molecular formula is C29H35N3O4. The summed E-state index contributed by atoms with van der Waals surface area (Å²) in [6.07, 6.45) is 7.94. The molecule has 2 heterocycles. The van der Waals surface area contributed by atoms with Crippen LogP contribution < -0.4 is 10.1 Å². The van der Waals surface area contributed by atoms with Crippen molar-refractivity contribution in [1.82, 2.24) is 9.88 Å². The summed E-state index contributed by atoms with van der Waals surface area (Å²) < 4.78 is 11.2. The Hall–Kier alpha value is -3.16. The number of ether oxygens (including phenoxy) is 1. The van der Waals surface area contributed by atoms with E-state index in [0.717, 1.165) is 42.1 Å². The second kappa shape index (κ2) is 11.3. The quantitative estimate of drug-likeness (QED) is 0.370. The number of carbonyl (C=O) groups is 1. The van der Waals surface area contributed by atoms with Gasteiger partial charge in [0.15, 0.2) is 17.9 Å². The van der Waals surface area contributed by atoms with Crippen molar-refractivity contribution < 1.29 is 19.1 Å². The molecular weight excluding hydrogens is 454 g/mol. The van der Waals surface area contributed by atoms with Crippen molar-refractivity contribution in [3.8, 4) is 5.75 Å². The zero-order valence-corrected chi connectivity index (χ0v) is 20.9. The van der Waals surface area contributed by atoms with E-state index in [1.54, 1.807) is 6.20 Å². The van der Waals surface area contributed by atoms with E-state index in [1.165, 1.54) is 36.8 Å². The lowest BCUT2D eigenvalue weighted by molar-refractivity contribution is 0.0836. The summed E-state index contributed by atoms with van der Waals surface area (Å²) in [4.78, 5) is 18.9. The fraction of sp³-hybridized carbons (Fsp3) is 0.448. The highest BCUT2D eigenvalue weighted by atomic mass is 16.5. The lowest BCUT2D eigenvalue weighted by atomic mass is 9.93. The molecule has 7 heteroatoms. The molecule has 1 atom stereocenters. The van der Waals surface area contributed by atoms with Crippen LogP contribution in [0.1, 0.15) is 64.9 Å². The summed E-state index contributed by atoms with van der Waals surface area (Å²) in [5.74, 6) is 1.65. The Bertz CT molecular complexity index is 1170. The number of hydrogen-bond acceptors (Lipinski definition) is 7. The Morgan fingerprint density at radius 3 is 2.97 bits per heavy atom. The van der Waals surface area contributed by atoms with Crippen LogP contribution in [-0.2, 0) is 19.6 Å². The molecule has 1 aliphatic carbocycles. The van der Waals surface area contributed by atoms with Gasteiger partial charge < -0.3 is 19.6 Å². The molecule has 1 fully saturated rings. The van der Waals surface area contributed by atoms with E-state index >= 15 is 0 Å². The number of Topliss-reactive ketones (excluding diaryl/α,β-unsaturated/α-hetero) is 1. The van der Waals surface area contributed by atoms with Crippen LogP contribution in [0.2, 0.25) is 0 Å². The summed E-state index contributed by atoms with van der Waals surface area (Å²) in [6, 6.07) is 12.4. The summed E-state index contributed by atoms with van der Waals surface area (Å²) in [7, 11) is 0. The highest BCUT2D eigenvalue weighted by molar-refractivity contribution is 5.96. The van der Waals surface area contributed by atoms with E-state index in [0.29, 0.717) is 37.8 Å². The second-order valence-electron chi connectivity index (χ2n) is 10.0. The fourth-order valence-corrected chi connectivity index (χ4v) is 5.05. The van der Waals surface area contributed by atoms with Gasteiger partial charge in [0.05, 0.1) is 12.3 Å². The van der Waals surface area contributed by atoms with Crippen molar-refractivity contribution in [3.63, 3.8) is 0 Å². The minimum absolute atomic E-state index is 0.0868. The Morgan fingerprint density at radius 2 is 2.19 bits per heavy atom. The molecule has 1 aromatic heterocycles. The van der Waals surface area contributed by atoms with E-state index in [-0.39, 0.29) is 5.78 Å². The molecule has 1 aliphatic heterocycles. The Kier molecular flexibility index (Phi) is 7.68. The number of ketones is 1. The molecule has 0 spiro atoms. The Balaban J connectivity index is 1.10. The maximum atomic E-state index is 12.8. The first-order valence-corrected chi connectivity index (χ1v) is 13.0. The minimum atomic E-state index is -0.530. The average molecular weight is 490 g/mol. The van der Waals surface area contributed by atoms with Gasteiger partial charge in [0.1, 0.15) is 12.4 Å². The molecule has 0 unspecified atom stereocenters. The van der Waals surface area contributed by atoms with Gasteiger partial charge in [-0.3, -0.25) is 9.69 Å². The minimum Gasteiger partial charge on any atom is -0.485 e. The van der Waals surface area contributed by atoms with Crippen molar-refractivity contribution in [1.29, 1.82) is 0 Å². The second-order valence-corrected chi connectivity index (χ2v) is 10.0. The predicted molar refractivity (Wildman–Crippen MR) is 138 cm³/mol. The third-order valence-electron chi connectivity index (χ3n) is 7.41. The number of oxazole rings is 1. The summed E-state index contributed by atoms with van der Waals surface area (Å²) in [5.41, 5.74) is 5.48. The van der Waals surface area contributed by atoms with Crippen LogP contribution in [0.15, 0.2) is 53.4 Å². The summed E-state index contributed by atoms with van der Waals surface area (Å²) in [6.45, 7) is 4.69. The number of nitrogens with one attached hydrogen (secondary N) is 1. The Morgan fingerprint density at radius 1 is 1.31 bits per heavy atom. The van der Waals surface area contributed by atoms with Crippen molar-refractivity contribution in [2.24, 2.45) is 0 Å². The number of β-amino-alcohol motifs (C(OH)–C–C–N with tert-alkyl or cyclic N) is 1. The first-order chi connectivity index (χ1) is 17.5. The smallest absolute Gasteiger partial charge is 0.181 e. The molecule has 2 aliphatic rings. The van der Waals surface area contributed by atoms with Crippen LogP contribution in [0.4, 0.5) is 5.69 Å². The van der Waals surface area contributed by atoms with Crippen LogP contribution in [0.3, 0.4) is 0 Å². The molecule has 7 nitrogen and oxygen atoms in total. The SMILES string of the molecule is Cc1c(OCc2cnco2)ccc2c1CCN(C[C@@H](O)CCC(=O)c1cccc(NC3CCC3)c1)C2. The fourth-order valence-electron chi connectivity index (χ4n) is 5.05. The number of aromatic nitrogens is 1. The lowest BCUT2D eigenvalue weighted by Crippen LogP contribution is -2.37. The third kappa shape index (κ3) is 5.97. The molecule has 5 rings (SSSR count). The number of aliphatic hydroxyl groups excluding tert-OH is 1. The number of fused-ring (bicyclic) bond motifs is 1. The van der Waals surface area contributed by atoms with Gasteiger partial charge in [-0.05, 0) is 73.9 Å². The molecule has 0 radical (unpaired) electrons. The van der Waals surface area contributed by atoms with Crippen LogP contribution in [0.25, 0.3) is 0 Å². The normalized spacial score (nSPS) is 16.7. The summed E-state index contributed by atoms with van der Waals surface area (Å²) >= 11 is 0. The molecule has 0 amide bonds. The molecule has 3 aromatic rings. The number of nitrogens with zero attached hydrogens (tertiary/aromatic N) is 2. The van der Waals surface area contributed by atoms with E-state index < -0.39 is 6.10 Å². The van der Waals surface area contributed by atoms with E-state index in [4.69, 9.17) is 9.15 Å². The number of aliphatic hydroxyl groups is 1. The highest BCUT2D eigenvalue weighted by Crippen LogP contribution is 2.30. The van der Waals surface area contributed by atoms with Crippen LogP contribution >= 0.6 is 0 Å². The maximum Gasteiger partial charge on any atom is 0.181 e. The van der Waals surface area contributed by atoms with Crippen LogP contribution in [0.5, 0.6) is 5.75 Å². The standard InChI is InChI=1S/C29H35N3O4/c1-20-27-12-13-32(16-22(27)8-11-29(20)35-18-26-15-30-19-36-26)17-25(33)9-10-28(34)21-4-2-7-24(14-21)31-23-5-3-6-23/h2,4,7-8,11,14-15,19,23,25,31,33H,3,5-6,9-10,12-13,16-18H2,1H3/t25-/m0/s1. The zero-order chi connectivity index (χ0) is 24.9. The first-order valence-electron chi connectivity index (χ1n) is 13.0. The van der Waals surface area contributed by atoms with Gasteiger partial charge in [-0.15, -0.1) is 0 Å². The number of rotatable bonds is 11. The molecule has 2 N–H and O–H groups in total. The van der Waals surface area contributed by atoms with Gasteiger partial charge in [0, 0.05) is 43.3 Å². The maximum absolute atomic E-state index is 12.8. The van der Waals surface area contributed by atoms with Crippen LogP contribution in [0, 0.1) is 6.92 Å². The van der Waals surface area contributed by atoms with Crippen molar-refractivity contribution in [2.75, 3.05) is 18.4 Å². The van der Waals surface area contributed by atoms with Gasteiger partial charge in [-0.25, -0.2) is 4.98 Å². The van der Waals surface area contributed by atoms with E-state index in [1.807, 2.05) is 30.3 Å². The molecule has 0 bridgehead atoms. The van der Waals surface area contributed by atoms with E-state index in [2.05, 4.69) is 28.2 Å². The Labute approximate surface area is 212 Å². The number of carbonyl (C=O) groups excluding carboxylic acids is 1. The largest absolute Gasteiger partial charge is 0.485 e. The highest BCUT2D eigenvalue weighted by Gasteiger charge is 2.22. The van der Waals surface area contributed by atoms with Gasteiger partial charge in [0.25, 0.3) is 0 Å². The number of benzene rings is 2. The van der Waals surface area contributed by atoms with Crippen LogP contribution in [-0.4, -0.2) is 46.0 Å². The predicted octanol–water partition coefficient (Wildman–Crippen LogP) is 4.91. The monoisotopic (exact) mass is 489 g/mol. The van der Waals surface area contributed by atoms with Crippen molar-refractivity contribution in [2.45, 2.75) is 70.7 Å². The molecule has 0 saturated heterocycles. The van der Waals surface area contributed by atoms with Crippen molar-refractivity contribution >= 4 is 11.5 Å². The molecule has 2 aromatic carbocycles. The average Bonchev–Trinajstić information content (AvgIpc) is 3.38. The van der Waals surface area contributed by atoms with Gasteiger partial charge in [-0.2, -0.15) is 0 Å².